The number of hydrogen-bond donors (Lipinski definition) is 2. The van der Waals surface area contributed by atoms with E-state index in [1.165, 1.54) is 7.11 Å². The molecule has 0 aliphatic heterocycles. The van der Waals surface area contributed by atoms with Gasteiger partial charge in [-0.05, 0) is 12.1 Å². The lowest BCUT2D eigenvalue weighted by Gasteiger charge is -2.07. The largest absolute Gasteiger partial charge is 0.497 e. The summed E-state index contributed by atoms with van der Waals surface area (Å²) >= 11 is 0. The van der Waals surface area contributed by atoms with Gasteiger partial charge in [-0.1, -0.05) is 6.92 Å². The lowest BCUT2D eigenvalue weighted by atomic mass is 10.2. The molecule has 1 rings (SSSR count). The van der Waals surface area contributed by atoms with Crippen molar-refractivity contribution >= 4 is 22.4 Å². The fourth-order valence-corrected chi connectivity index (χ4v) is 2.01. The molecule has 6 heteroatoms. The summed E-state index contributed by atoms with van der Waals surface area (Å²) < 4.78 is 16.2. The number of rotatable bonds is 6. The minimum atomic E-state index is -0.874. The average Bonchev–Trinajstić information content (AvgIpc) is 2.37. The van der Waals surface area contributed by atoms with Gasteiger partial charge in [0.25, 0.3) is 5.91 Å². The van der Waals surface area contributed by atoms with E-state index in [0.29, 0.717) is 35.1 Å². The molecule has 1 amide bonds. The van der Waals surface area contributed by atoms with Gasteiger partial charge in [0.1, 0.15) is 5.75 Å². The van der Waals surface area contributed by atoms with Crippen molar-refractivity contribution in [1.29, 1.82) is 0 Å². The number of nitrogens with two attached hydrogens (primary N) is 1. The van der Waals surface area contributed by atoms with E-state index in [-0.39, 0.29) is 5.91 Å². The van der Waals surface area contributed by atoms with Gasteiger partial charge >= 0.3 is 0 Å². The van der Waals surface area contributed by atoms with Gasteiger partial charge in [-0.3, -0.25) is 9.00 Å². The van der Waals surface area contributed by atoms with Crippen LogP contribution in [0, 0.1) is 0 Å². The van der Waals surface area contributed by atoms with Crippen LogP contribution < -0.4 is 15.8 Å². The summed E-state index contributed by atoms with van der Waals surface area (Å²) in [7, 11) is 0.640. The number of methoxy groups -OCH3 is 1. The standard InChI is InChI=1S/C12H18N2O3S/c1-3-18(16)5-4-14-12(15)9-6-10(13)8-11(7-9)17-2/h6-8H,3-5,13H2,1-2H3,(H,14,15). The van der Waals surface area contributed by atoms with E-state index in [0.717, 1.165) is 0 Å². The van der Waals surface area contributed by atoms with Gasteiger partial charge in [-0.15, -0.1) is 0 Å². The lowest BCUT2D eigenvalue weighted by Crippen LogP contribution is -2.28. The number of ether oxygens (including phenoxy) is 1. The molecule has 1 atom stereocenters. The van der Waals surface area contributed by atoms with Crippen molar-refractivity contribution < 1.29 is 13.7 Å². The minimum absolute atomic E-state index is 0.242. The van der Waals surface area contributed by atoms with E-state index in [1.54, 1.807) is 18.2 Å². The van der Waals surface area contributed by atoms with Crippen LogP contribution in [0.1, 0.15) is 17.3 Å². The maximum absolute atomic E-state index is 11.8. The zero-order valence-corrected chi connectivity index (χ0v) is 11.4. The molecule has 0 bridgehead atoms. The highest BCUT2D eigenvalue weighted by Gasteiger charge is 2.08. The highest BCUT2D eigenvalue weighted by atomic mass is 32.2. The molecule has 0 heterocycles. The third kappa shape index (κ3) is 4.37. The molecule has 0 aliphatic carbocycles. The number of anilines is 1. The van der Waals surface area contributed by atoms with E-state index in [9.17, 15) is 9.00 Å². The quantitative estimate of drug-likeness (QED) is 0.748. The summed E-state index contributed by atoms with van der Waals surface area (Å²) in [6.07, 6.45) is 0. The molecule has 0 radical (unpaired) electrons. The third-order valence-electron chi connectivity index (χ3n) is 2.36. The van der Waals surface area contributed by atoms with Crippen molar-refractivity contribution in [1.82, 2.24) is 5.32 Å². The first-order valence-electron chi connectivity index (χ1n) is 5.64. The van der Waals surface area contributed by atoms with Crippen LogP contribution in [0.3, 0.4) is 0 Å². The fraction of sp³-hybridized carbons (Fsp3) is 0.417. The highest BCUT2D eigenvalue weighted by Crippen LogP contribution is 2.18. The van der Waals surface area contributed by atoms with Crippen molar-refractivity contribution in [3.63, 3.8) is 0 Å². The Bertz CT molecular complexity index is 449. The van der Waals surface area contributed by atoms with Gasteiger partial charge in [0.15, 0.2) is 0 Å². The number of nitrogens with one attached hydrogen (secondary N) is 1. The van der Waals surface area contributed by atoms with E-state index >= 15 is 0 Å². The van der Waals surface area contributed by atoms with Crippen molar-refractivity contribution in [2.24, 2.45) is 0 Å². The predicted octanol–water partition coefficient (Wildman–Crippen LogP) is 0.776. The topological polar surface area (TPSA) is 81.4 Å². The summed E-state index contributed by atoms with van der Waals surface area (Å²) in [5.41, 5.74) is 6.57. The van der Waals surface area contributed by atoms with Gasteiger partial charge in [-0.25, -0.2) is 0 Å². The van der Waals surface area contributed by atoms with Gasteiger partial charge in [-0.2, -0.15) is 0 Å². The Kier molecular flexibility index (Phi) is 5.64. The molecule has 5 nitrogen and oxygen atoms in total. The molecule has 1 unspecified atom stereocenters. The van der Waals surface area contributed by atoms with E-state index in [2.05, 4.69) is 5.32 Å². The second kappa shape index (κ2) is 7.00. The lowest BCUT2D eigenvalue weighted by molar-refractivity contribution is 0.0956. The number of nitrogen functional groups attached to an aromatic ring is 1. The van der Waals surface area contributed by atoms with Crippen LogP contribution in [-0.4, -0.2) is 35.3 Å². The second-order valence-electron chi connectivity index (χ2n) is 3.68. The van der Waals surface area contributed by atoms with E-state index in [4.69, 9.17) is 10.5 Å². The molecule has 0 aromatic heterocycles. The Morgan fingerprint density at radius 3 is 2.78 bits per heavy atom. The Morgan fingerprint density at radius 2 is 2.17 bits per heavy atom. The van der Waals surface area contributed by atoms with Crippen LogP contribution in [0.5, 0.6) is 5.75 Å². The van der Waals surface area contributed by atoms with Crippen molar-refractivity contribution in [2.45, 2.75) is 6.92 Å². The molecule has 0 saturated carbocycles. The molecule has 1 aromatic rings. The minimum Gasteiger partial charge on any atom is -0.497 e. The molecule has 3 N–H and O–H groups in total. The first kappa shape index (κ1) is 14.5. The normalized spacial score (nSPS) is 11.9. The molecule has 0 spiro atoms. The number of hydrogen-bond acceptors (Lipinski definition) is 4. The Balaban J connectivity index is 2.61. The van der Waals surface area contributed by atoms with Crippen molar-refractivity contribution in [3.05, 3.63) is 23.8 Å². The molecule has 100 valence electrons. The Hall–Kier alpha value is -1.56. The number of benzene rings is 1. The average molecular weight is 270 g/mol. The summed E-state index contributed by atoms with van der Waals surface area (Å²) in [6.45, 7) is 2.23. The highest BCUT2D eigenvalue weighted by molar-refractivity contribution is 7.84. The van der Waals surface area contributed by atoms with Crippen LogP contribution in [0.2, 0.25) is 0 Å². The summed E-state index contributed by atoms with van der Waals surface area (Å²) in [4.78, 5) is 11.8. The molecule has 1 aromatic carbocycles. The number of amides is 1. The Morgan fingerprint density at radius 1 is 1.44 bits per heavy atom. The number of carbonyl (C=O) groups is 1. The summed E-state index contributed by atoms with van der Waals surface area (Å²) in [5.74, 6) is 1.36. The maximum Gasteiger partial charge on any atom is 0.251 e. The predicted molar refractivity (Wildman–Crippen MR) is 73.3 cm³/mol. The smallest absolute Gasteiger partial charge is 0.251 e. The first-order valence-corrected chi connectivity index (χ1v) is 7.13. The van der Waals surface area contributed by atoms with Gasteiger partial charge < -0.3 is 15.8 Å². The zero-order chi connectivity index (χ0) is 13.5. The van der Waals surface area contributed by atoms with Gasteiger partial charge in [0.2, 0.25) is 0 Å². The summed E-state index contributed by atoms with van der Waals surface area (Å²) in [6, 6.07) is 4.83. The number of carbonyl (C=O) groups excluding carboxylic acids is 1. The van der Waals surface area contributed by atoms with Crippen molar-refractivity contribution in [3.8, 4) is 5.75 Å². The maximum atomic E-state index is 11.8. The van der Waals surface area contributed by atoms with E-state index < -0.39 is 10.8 Å². The van der Waals surface area contributed by atoms with Crippen LogP contribution in [0.4, 0.5) is 5.69 Å². The van der Waals surface area contributed by atoms with Gasteiger partial charge in [0.05, 0.1) is 7.11 Å². The molecular formula is C12H18N2O3S. The SMILES string of the molecule is CCS(=O)CCNC(=O)c1cc(N)cc(OC)c1. The Labute approximate surface area is 109 Å². The molecule has 0 fully saturated rings. The summed E-state index contributed by atoms with van der Waals surface area (Å²) in [5, 5.41) is 2.70. The van der Waals surface area contributed by atoms with Gasteiger partial charge in [0, 0.05) is 46.2 Å². The van der Waals surface area contributed by atoms with Crippen LogP contribution in [0.15, 0.2) is 18.2 Å². The zero-order valence-electron chi connectivity index (χ0n) is 10.6. The monoisotopic (exact) mass is 270 g/mol. The van der Waals surface area contributed by atoms with Crippen LogP contribution in [0.25, 0.3) is 0 Å². The molecule has 0 saturated heterocycles. The van der Waals surface area contributed by atoms with E-state index in [1.807, 2.05) is 6.92 Å². The molecule has 0 aliphatic rings. The second-order valence-corrected chi connectivity index (χ2v) is 5.55. The molecular weight excluding hydrogens is 252 g/mol. The van der Waals surface area contributed by atoms with Crippen molar-refractivity contribution in [2.75, 3.05) is 30.9 Å². The third-order valence-corrected chi connectivity index (χ3v) is 3.67. The fourth-order valence-electron chi connectivity index (χ4n) is 1.40. The van der Waals surface area contributed by atoms with Crippen LogP contribution in [-0.2, 0) is 10.8 Å². The van der Waals surface area contributed by atoms with Crippen LogP contribution >= 0.6 is 0 Å². The first-order chi connectivity index (χ1) is 8.56. The molecule has 18 heavy (non-hydrogen) atoms.